The molecule has 2 N–H and O–H groups in total. The smallest absolute Gasteiger partial charge is 0.254 e. The van der Waals surface area contributed by atoms with Crippen LogP contribution in [0.25, 0.3) is 0 Å². The minimum Gasteiger partial charge on any atom is -0.399 e. The fourth-order valence-electron chi connectivity index (χ4n) is 2.85. The van der Waals surface area contributed by atoms with Crippen molar-refractivity contribution >= 4 is 29.9 Å². The lowest BCUT2D eigenvalue weighted by molar-refractivity contribution is -0.134. The van der Waals surface area contributed by atoms with E-state index in [1.165, 1.54) is 0 Å². The van der Waals surface area contributed by atoms with Gasteiger partial charge in [-0.15, -0.1) is 12.4 Å². The molecular formula is C16H24ClN3O2. The second-order valence-electron chi connectivity index (χ2n) is 5.29. The number of nitrogen functional groups attached to an aromatic ring is 1. The van der Waals surface area contributed by atoms with Crippen molar-refractivity contribution < 1.29 is 9.59 Å². The van der Waals surface area contributed by atoms with Crippen LogP contribution < -0.4 is 5.73 Å². The maximum Gasteiger partial charge on any atom is 0.254 e. The molecule has 1 heterocycles. The summed E-state index contributed by atoms with van der Waals surface area (Å²) >= 11 is 0. The van der Waals surface area contributed by atoms with Crippen LogP contribution in [0.5, 0.6) is 0 Å². The average Bonchev–Trinajstić information content (AvgIpc) is 2.97. The minimum absolute atomic E-state index is 0. The zero-order chi connectivity index (χ0) is 15.4. The molecule has 1 unspecified atom stereocenters. The van der Waals surface area contributed by atoms with Gasteiger partial charge in [0.25, 0.3) is 5.91 Å². The Morgan fingerprint density at radius 3 is 2.59 bits per heavy atom. The van der Waals surface area contributed by atoms with Gasteiger partial charge in [-0.05, 0) is 44.9 Å². The number of nitrogens with two attached hydrogens (primary N) is 1. The molecule has 5 nitrogen and oxygen atoms in total. The van der Waals surface area contributed by atoms with Gasteiger partial charge in [0.05, 0.1) is 0 Å². The molecule has 0 aromatic heterocycles. The largest absolute Gasteiger partial charge is 0.399 e. The summed E-state index contributed by atoms with van der Waals surface area (Å²) in [4.78, 5) is 28.6. The fraction of sp³-hybridized carbons (Fsp3) is 0.500. The monoisotopic (exact) mass is 325 g/mol. The zero-order valence-electron chi connectivity index (χ0n) is 13.1. The molecule has 2 amide bonds. The number of benzene rings is 1. The molecule has 1 aromatic carbocycles. The Morgan fingerprint density at radius 2 is 2.00 bits per heavy atom. The first-order valence-corrected chi connectivity index (χ1v) is 7.53. The standard InChI is InChI=1S/C16H23N3O2.ClH/c1-3-18(4-2)16(21)14-9-6-10-19(14)15(20)12-7-5-8-13(17)11-12;/h5,7-8,11,14H,3-4,6,9-10,17H2,1-2H3;1H. The highest BCUT2D eigenvalue weighted by Crippen LogP contribution is 2.22. The Morgan fingerprint density at radius 1 is 1.32 bits per heavy atom. The van der Waals surface area contributed by atoms with Gasteiger partial charge in [-0.1, -0.05) is 6.07 Å². The number of nitrogens with zero attached hydrogens (tertiary/aromatic N) is 2. The van der Waals surface area contributed by atoms with E-state index in [2.05, 4.69) is 0 Å². The predicted molar refractivity (Wildman–Crippen MR) is 90.1 cm³/mol. The highest BCUT2D eigenvalue weighted by molar-refractivity contribution is 5.98. The van der Waals surface area contributed by atoms with Crippen LogP contribution in [0.4, 0.5) is 5.69 Å². The van der Waals surface area contributed by atoms with Crippen molar-refractivity contribution in [3.05, 3.63) is 29.8 Å². The van der Waals surface area contributed by atoms with Crippen molar-refractivity contribution in [2.24, 2.45) is 0 Å². The van der Waals surface area contributed by atoms with Crippen LogP contribution in [0, 0.1) is 0 Å². The van der Waals surface area contributed by atoms with Crippen LogP contribution in [0.3, 0.4) is 0 Å². The maximum absolute atomic E-state index is 12.6. The van der Waals surface area contributed by atoms with Gasteiger partial charge in [0.1, 0.15) is 6.04 Å². The summed E-state index contributed by atoms with van der Waals surface area (Å²) in [5.74, 6) is -0.0555. The highest BCUT2D eigenvalue weighted by atomic mass is 35.5. The number of likely N-dealkylation sites (N-methyl/N-ethyl adjacent to an activating group) is 1. The first kappa shape index (κ1) is 18.3. The highest BCUT2D eigenvalue weighted by Gasteiger charge is 2.36. The lowest BCUT2D eigenvalue weighted by Gasteiger charge is -2.29. The summed E-state index contributed by atoms with van der Waals surface area (Å²) in [7, 11) is 0. The molecule has 1 aliphatic rings. The quantitative estimate of drug-likeness (QED) is 0.863. The number of carbonyl (C=O) groups is 2. The van der Waals surface area contributed by atoms with E-state index in [4.69, 9.17) is 5.73 Å². The third-order valence-corrected chi connectivity index (χ3v) is 4.01. The Kier molecular flexibility index (Phi) is 6.68. The summed E-state index contributed by atoms with van der Waals surface area (Å²) in [5, 5.41) is 0. The molecule has 1 saturated heterocycles. The molecule has 0 aliphatic carbocycles. The summed E-state index contributed by atoms with van der Waals surface area (Å²) in [6.07, 6.45) is 1.61. The molecule has 1 aromatic rings. The topological polar surface area (TPSA) is 66.6 Å². The van der Waals surface area contributed by atoms with Crippen LogP contribution in [-0.4, -0.2) is 47.3 Å². The molecule has 0 saturated carbocycles. The van der Waals surface area contributed by atoms with Crippen molar-refractivity contribution in [1.29, 1.82) is 0 Å². The van der Waals surface area contributed by atoms with Crippen molar-refractivity contribution in [2.75, 3.05) is 25.4 Å². The molecule has 122 valence electrons. The normalized spacial score (nSPS) is 17.0. The number of amides is 2. The Balaban J connectivity index is 0.00000242. The van der Waals surface area contributed by atoms with Crippen LogP contribution in [0.2, 0.25) is 0 Å². The molecule has 0 spiro atoms. The van der Waals surface area contributed by atoms with Gasteiger partial charge in [0.15, 0.2) is 0 Å². The third-order valence-electron chi connectivity index (χ3n) is 4.01. The van der Waals surface area contributed by atoms with E-state index in [0.29, 0.717) is 30.9 Å². The first-order chi connectivity index (χ1) is 10.1. The Bertz CT molecular complexity index is 532. The molecule has 1 aliphatic heterocycles. The number of halogens is 1. The summed E-state index contributed by atoms with van der Waals surface area (Å²) in [6, 6.07) is 6.59. The maximum atomic E-state index is 12.6. The van der Waals surface area contributed by atoms with Crippen LogP contribution in [0.15, 0.2) is 24.3 Å². The van der Waals surface area contributed by atoms with Gasteiger partial charge in [-0.25, -0.2) is 0 Å². The van der Waals surface area contributed by atoms with Gasteiger partial charge in [-0.2, -0.15) is 0 Å². The Labute approximate surface area is 137 Å². The van der Waals surface area contributed by atoms with Gasteiger partial charge in [0.2, 0.25) is 5.91 Å². The van der Waals surface area contributed by atoms with E-state index in [1.807, 2.05) is 13.8 Å². The molecule has 22 heavy (non-hydrogen) atoms. The molecule has 1 atom stereocenters. The van der Waals surface area contributed by atoms with E-state index in [-0.39, 0.29) is 30.3 Å². The van der Waals surface area contributed by atoms with Crippen LogP contribution >= 0.6 is 12.4 Å². The second-order valence-corrected chi connectivity index (χ2v) is 5.29. The Hall–Kier alpha value is -1.75. The van der Waals surface area contributed by atoms with E-state index in [1.54, 1.807) is 34.1 Å². The van der Waals surface area contributed by atoms with Crippen LogP contribution in [0.1, 0.15) is 37.0 Å². The number of likely N-dealkylation sites (tertiary alicyclic amines) is 1. The van der Waals surface area contributed by atoms with Crippen LogP contribution in [-0.2, 0) is 4.79 Å². The minimum atomic E-state index is -0.334. The molecule has 6 heteroatoms. The molecule has 0 radical (unpaired) electrons. The molecular weight excluding hydrogens is 302 g/mol. The number of anilines is 1. The van der Waals surface area contributed by atoms with E-state index < -0.39 is 0 Å². The summed E-state index contributed by atoms with van der Waals surface area (Å²) in [5.41, 5.74) is 6.85. The lowest BCUT2D eigenvalue weighted by atomic mass is 10.1. The average molecular weight is 326 g/mol. The van der Waals surface area contributed by atoms with Crippen molar-refractivity contribution in [2.45, 2.75) is 32.7 Å². The van der Waals surface area contributed by atoms with Gasteiger partial charge in [-0.3, -0.25) is 9.59 Å². The van der Waals surface area contributed by atoms with E-state index in [0.717, 1.165) is 12.8 Å². The van der Waals surface area contributed by atoms with Crippen molar-refractivity contribution in [3.8, 4) is 0 Å². The lowest BCUT2D eigenvalue weighted by Crippen LogP contribution is -2.47. The summed E-state index contributed by atoms with van der Waals surface area (Å²) < 4.78 is 0. The van der Waals surface area contributed by atoms with Gasteiger partial charge < -0.3 is 15.5 Å². The number of hydrogen-bond acceptors (Lipinski definition) is 3. The fourth-order valence-corrected chi connectivity index (χ4v) is 2.85. The number of carbonyl (C=O) groups excluding carboxylic acids is 2. The SMILES string of the molecule is CCN(CC)C(=O)C1CCCN1C(=O)c1cccc(N)c1.Cl. The van der Waals surface area contributed by atoms with E-state index >= 15 is 0 Å². The third kappa shape index (κ3) is 3.71. The zero-order valence-corrected chi connectivity index (χ0v) is 13.9. The van der Waals surface area contributed by atoms with E-state index in [9.17, 15) is 9.59 Å². The molecule has 0 bridgehead atoms. The van der Waals surface area contributed by atoms with Crippen molar-refractivity contribution in [3.63, 3.8) is 0 Å². The number of rotatable bonds is 4. The second kappa shape index (κ2) is 8.03. The predicted octanol–water partition coefficient (Wildman–Crippen LogP) is 2.16. The van der Waals surface area contributed by atoms with Gasteiger partial charge >= 0.3 is 0 Å². The molecule has 2 rings (SSSR count). The first-order valence-electron chi connectivity index (χ1n) is 7.53. The molecule has 1 fully saturated rings. The number of hydrogen-bond donors (Lipinski definition) is 1. The van der Waals surface area contributed by atoms with Gasteiger partial charge in [0, 0.05) is 30.9 Å². The van der Waals surface area contributed by atoms with Crippen molar-refractivity contribution in [1.82, 2.24) is 9.80 Å². The summed E-state index contributed by atoms with van der Waals surface area (Å²) in [6.45, 7) is 5.89.